The molecule has 0 bridgehead atoms. The zero-order valence-electron chi connectivity index (χ0n) is 15.5. The maximum atomic E-state index is 12.4. The Morgan fingerprint density at radius 2 is 1.86 bits per heavy atom. The van der Waals surface area contributed by atoms with Crippen LogP contribution in [-0.2, 0) is 14.8 Å². The van der Waals surface area contributed by atoms with Crippen LogP contribution in [0, 0.1) is 0 Å². The van der Waals surface area contributed by atoms with E-state index in [9.17, 15) is 13.2 Å². The zero-order valence-corrected chi connectivity index (χ0v) is 17.1. The lowest BCUT2D eigenvalue weighted by Gasteiger charge is -2.15. The molecule has 1 heterocycles. The molecule has 1 amide bonds. The Morgan fingerprint density at radius 3 is 2.46 bits per heavy atom. The predicted molar refractivity (Wildman–Crippen MR) is 108 cm³/mol. The van der Waals surface area contributed by atoms with Gasteiger partial charge in [0.05, 0.1) is 17.0 Å². The first-order valence-electron chi connectivity index (χ1n) is 9.13. The van der Waals surface area contributed by atoms with Gasteiger partial charge in [0.2, 0.25) is 10.0 Å². The number of sulfonamides is 1. The number of carbonyl (C=O) groups excluding carboxylic acids is 1. The Morgan fingerprint density at radius 1 is 1.18 bits per heavy atom. The molecule has 1 fully saturated rings. The average molecular weight is 423 g/mol. The zero-order chi connectivity index (χ0) is 20.1. The van der Waals surface area contributed by atoms with Crippen LogP contribution in [0.4, 0.5) is 0 Å². The van der Waals surface area contributed by atoms with Crippen molar-refractivity contribution in [1.29, 1.82) is 0 Å². The van der Waals surface area contributed by atoms with Gasteiger partial charge in [-0.2, -0.15) is 0 Å². The summed E-state index contributed by atoms with van der Waals surface area (Å²) in [7, 11) is -3.63. The SMILES string of the molecule is C[C@H](NC(=O)c1ccc(S(=O)(=O)NC[C@@H]2CCCO2)cc1)c1ccc(Cl)cc1. The van der Waals surface area contributed by atoms with Gasteiger partial charge < -0.3 is 10.1 Å². The van der Waals surface area contributed by atoms with Crippen LogP contribution in [0.25, 0.3) is 0 Å². The van der Waals surface area contributed by atoms with Crippen molar-refractivity contribution in [1.82, 2.24) is 10.0 Å². The van der Waals surface area contributed by atoms with E-state index in [2.05, 4.69) is 10.0 Å². The standard InChI is InChI=1S/C20H23ClN2O4S/c1-14(15-4-8-17(21)9-5-15)23-20(24)16-6-10-19(11-7-16)28(25,26)22-13-18-3-2-12-27-18/h4-11,14,18,22H,2-3,12-13H2,1H3,(H,23,24)/t14-,18-/m0/s1. The Bertz CT molecular complexity index is 908. The van der Waals surface area contributed by atoms with E-state index in [1.54, 1.807) is 12.1 Å². The largest absolute Gasteiger partial charge is 0.377 e. The van der Waals surface area contributed by atoms with Crippen LogP contribution in [0.3, 0.4) is 0 Å². The lowest BCUT2D eigenvalue weighted by atomic mass is 10.1. The molecule has 0 spiro atoms. The minimum atomic E-state index is -3.63. The number of rotatable bonds is 7. The maximum Gasteiger partial charge on any atom is 0.251 e. The predicted octanol–water partition coefficient (Wildman–Crippen LogP) is 3.29. The van der Waals surface area contributed by atoms with Gasteiger partial charge in [0.25, 0.3) is 5.91 Å². The molecular weight excluding hydrogens is 400 g/mol. The molecule has 3 rings (SSSR count). The number of benzene rings is 2. The summed E-state index contributed by atoms with van der Waals surface area (Å²) in [6.45, 7) is 2.79. The fourth-order valence-corrected chi connectivity index (χ4v) is 4.18. The number of amides is 1. The summed E-state index contributed by atoms with van der Waals surface area (Å²) < 4.78 is 32.8. The smallest absolute Gasteiger partial charge is 0.251 e. The Balaban J connectivity index is 1.60. The number of nitrogens with one attached hydrogen (secondary N) is 2. The quantitative estimate of drug-likeness (QED) is 0.717. The van der Waals surface area contributed by atoms with Crippen LogP contribution in [0.2, 0.25) is 5.02 Å². The molecule has 6 nitrogen and oxygen atoms in total. The second-order valence-corrected chi connectivity index (χ2v) is 8.96. The molecule has 2 atom stereocenters. The van der Waals surface area contributed by atoms with Crippen molar-refractivity contribution >= 4 is 27.5 Å². The van der Waals surface area contributed by atoms with E-state index < -0.39 is 10.0 Å². The molecule has 1 aliphatic heterocycles. The van der Waals surface area contributed by atoms with E-state index in [1.165, 1.54) is 24.3 Å². The summed E-state index contributed by atoms with van der Waals surface area (Å²) in [5.74, 6) is -0.279. The molecule has 0 saturated carbocycles. The van der Waals surface area contributed by atoms with E-state index >= 15 is 0 Å². The number of ether oxygens (including phenoxy) is 1. The van der Waals surface area contributed by atoms with Crippen molar-refractivity contribution in [2.45, 2.75) is 36.8 Å². The van der Waals surface area contributed by atoms with Gasteiger partial charge in [0.15, 0.2) is 0 Å². The Labute approximate surface area is 170 Å². The first-order chi connectivity index (χ1) is 13.3. The van der Waals surface area contributed by atoms with Crippen molar-refractivity contribution in [2.24, 2.45) is 0 Å². The Hall–Kier alpha value is -1.93. The lowest BCUT2D eigenvalue weighted by Crippen LogP contribution is -2.32. The second-order valence-electron chi connectivity index (χ2n) is 6.76. The molecule has 0 aliphatic carbocycles. The van der Waals surface area contributed by atoms with Crippen molar-refractivity contribution in [3.63, 3.8) is 0 Å². The molecule has 0 radical (unpaired) electrons. The summed E-state index contributed by atoms with van der Waals surface area (Å²) in [5, 5.41) is 3.52. The van der Waals surface area contributed by atoms with E-state index in [4.69, 9.17) is 16.3 Å². The molecular formula is C20H23ClN2O4S. The van der Waals surface area contributed by atoms with Crippen LogP contribution < -0.4 is 10.0 Å². The van der Waals surface area contributed by atoms with Crippen molar-refractivity contribution in [2.75, 3.05) is 13.2 Å². The molecule has 28 heavy (non-hydrogen) atoms. The molecule has 150 valence electrons. The van der Waals surface area contributed by atoms with Crippen LogP contribution in [0.5, 0.6) is 0 Å². The summed E-state index contributed by atoms with van der Waals surface area (Å²) in [5.41, 5.74) is 1.31. The van der Waals surface area contributed by atoms with Gasteiger partial charge in [-0.05, 0) is 61.7 Å². The highest BCUT2D eigenvalue weighted by molar-refractivity contribution is 7.89. The van der Waals surface area contributed by atoms with Crippen molar-refractivity contribution in [3.8, 4) is 0 Å². The molecule has 0 aromatic heterocycles. The van der Waals surface area contributed by atoms with Crippen molar-refractivity contribution < 1.29 is 17.9 Å². The number of hydrogen-bond donors (Lipinski definition) is 2. The van der Waals surface area contributed by atoms with E-state index in [-0.39, 0.29) is 29.5 Å². The van der Waals surface area contributed by atoms with Gasteiger partial charge in [0, 0.05) is 23.7 Å². The van der Waals surface area contributed by atoms with E-state index in [0.717, 1.165) is 18.4 Å². The van der Waals surface area contributed by atoms with Crippen LogP contribution in [0.1, 0.15) is 41.7 Å². The molecule has 1 aliphatic rings. The van der Waals surface area contributed by atoms with Crippen LogP contribution >= 0.6 is 11.6 Å². The molecule has 0 unspecified atom stereocenters. The fraction of sp³-hybridized carbons (Fsp3) is 0.350. The Kier molecular flexibility index (Phi) is 6.72. The first-order valence-corrected chi connectivity index (χ1v) is 11.0. The molecule has 8 heteroatoms. The number of halogens is 1. The highest BCUT2D eigenvalue weighted by atomic mass is 35.5. The lowest BCUT2D eigenvalue weighted by molar-refractivity contribution is 0.0939. The third kappa shape index (κ3) is 5.32. The monoisotopic (exact) mass is 422 g/mol. The fourth-order valence-electron chi connectivity index (χ4n) is 2.99. The van der Waals surface area contributed by atoms with Gasteiger partial charge in [-0.1, -0.05) is 23.7 Å². The van der Waals surface area contributed by atoms with Gasteiger partial charge in [0.1, 0.15) is 0 Å². The third-order valence-corrected chi connectivity index (χ3v) is 6.36. The normalized spacial score (nSPS) is 18.0. The van der Waals surface area contributed by atoms with E-state index in [0.29, 0.717) is 17.2 Å². The summed E-state index contributed by atoms with van der Waals surface area (Å²) >= 11 is 5.88. The summed E-state index contributed by atoms with van der Waals surface area (Å²) in [6.07, 6.45) is 1.73. The van der Waals surface area contributed by atoms with Gasteiger partial charge in [-0.3, -0.25) is 4.79 Å². The molecule has 2 aromatic carbocycles. The van der Waals surface area contributed by atoms with E-state index in [1.807, 2.05) is 19.1 Å². The number of hydrogen-bond acceptors (Lipinski definition) is 4. The molecule has 2 N–H and O–H groups in total. The highest BCUT2D eigenvalue weighted by Crippen LogP contribution is 2.18. The summed E-state index contributed by atoms with van der Waals surface area (Å²) in [6, 6.07) is 12.9. The summed E-state index contributed by atoms with van der Waals surface area (Å²) in [4.78, 5) is 12.6. The second kappa shape index (κ2) is 9.05. The third-order valence-electron chi connectivity index (χ3n) is 4.67. The maximum absolute atomic E-state index is 12.4. The minimum Gasteiger partial charge on any atom is -0.377 e. The average Bonchev–Trinajstić information content (AvgIpc) is 3.21. The highest BCUT2D eigenvalue weighted by Gasteiger charge is 2.20. The topological polar surface area (TPSA) is 84.5 Å². The number of carbonyl (C=O) groups is 1. The van der Waals surface area contributed by atoms with Gasteiger partial charge in [-0.25, -0.2) is 13.1 Å². The first kappa shape index (κ1) is 20.8. The van der Waals surface area contributed by atoms with Crippen LogP contribution in [0.15, 0.2) is 53.4 Å². The van der Waals surface area contributed by atoms with Crippen molar-refractivity contribution in [3.05, 3.63) is 64.7 Å². The minimum absolute atomic E-state index is 0.0748. The molecule has 1 saturated heterocycles. The van der Waals surface area contributed by atoms with Crippen LogP contribution in [-0.4, -0.2) is 33.6 Å². The molecule has 2 aromatic rings. The van der Waals surface area contributed by atoms with Gasteiger partial charge in [-0.15, -0.1) is 0 Å². The van der Waals surface area contributed by atoms with Gasteiger partial charge >= 0.3 is 0 Å².